The van der Waals surface area contributed by atoms with E-state index in [2.05, 4.69) is 4.98 Å². The average molecular weight is 257 g/mol. The molecule has 0 saturated heterocycles. The maximum absolute atomic E-state index is 10.8. The highest BCUT2D eigenvalue weighted by Crippen LogP contribution is 2.21. The second kappa shape index (κ2) is 5.52. The zero-order valence-electron chi connectivity index (χ0n) is 10.9. The van der Waals surface area contributed by atoms with Gasteiger partial charge in [0.2, 0.25) is 0 Å². The van der Waals surface area contributed by atoms with Crippen LogP contribution in [0, 0.1) is 13.8 Å². The van der Waals surface area contributed by atoms with Crippen molar-refractivity contribution in [2.75, 3.05) is 0 Å². The van der Waals surface area contributed by atoms with Gasteiger partial charge in [-0.15, -0.1) is 0 Å². The van der Waals surface area contributed by atoms with E-state index in [0.29, 0.717) is 5.69 Å². The van der Waals surface area contributed by atoms with Gasteiger partial charge >= 0.3 is 5.97 Å². The molecule has 4 heteroatoms. The lowest BCUT2D eigenvalue weighted by molar-refractivity contribution is 0.0690. The number of ether oxygens (including phenoxy) is 1. The highest BCUT2D eigenvalue weighted by Gasteiger charge is 2.06. The van der Waals surface area contributed by atoms with Crippen molar-refractivity contribution < 1.29 is 14.6 Å². The number of carbonyl (C=O) groups is 1. The first-order chi connectivity index (χ1) is 9.08. The number of carboxylic acids is 1. The molecule has 19 heavy (non-hydrogen) atoms. The van der Waals surface area contributed by atoms with Gasteiger partial charge in [-0.25, -0.2) is 9.78 Å². The van der Waals surface area contributed by atoms with Crippen LogP contribution in [0.25, 0.3) is 0 Å². The van der Waals surface area contributed by atoms with Crippen LogP contribution in [0.15, 0.2) is 36.4 Å². The SMILES string of the molecule is Cc1cccc(OCc2cccc(C(=O)O)n2)c1C. The van der Waals surface area contributed by atoms with Gasteiger partial charge in [-0.1, -0.05) is 18.2 Å². The standard InChI is InChI=1S/C15H15NO3/c1-10-5-3-8-14(11(10)2)19-9-12-6-4-7-13(16-12)15(17)18/h3-8H,9H2,1-2H3,(H,17,18). The average Bonchev–Trinajstić information content (AvgIpc) is 2.41. The molecule has 1 N–H and O–H groups in total. The summed E-state index contributed by atoms with van der Waals surface area (Å²) < 4.78 is 5.68. The third kappa shape index (κ3) is 3.10. The van der Waals surface area contributed by atoms with Crippen LogP contribution in [0.5, 0.6) is 5.75 Å². The Balaban J connectivity index is 2.12. The van der Waals surface area contributed by atoms with E-state index < -0.39 is 5.97 Å². The quantitative estimate of drug-likeness (QED) is 0.914. The highest BCUT2D eigenvalue weighted by atomic mass is 16.5. The minimum Gasteiger partial charge on any atom is -0.487 e. The third-order valence-corrected chi connectivity index (χ3v) is 2.96. The van der Waals surface area contributed by atoms with Crippen LogP contribution in [-0.4, -0.2) is 16.1 Å². The summed E-state index contributed by atoms with van der Waals surface area (Å²) in [7, 11) is 0. The number of hydrogen-bond acceptors (Lipinski definition) is 3. The summed E-state index contributed by atoms with van der Waals surface area (Å²) in [5, 5.41) is 8.87. The van der Waals surface area contributed by atoms with Crippen LogP contribution in [0.4, 0.5) is 0 Å². The molecule has 0 aliphatic heterocycles. The molecule has 2 rings (SSSR count). The first kappa shape index (κ1) is 13.1. The summed E-state index contributed by atoms with van der Waals surface area (Å²) in [4.78, 5) is 14.8. The Morgan fingerprint density at radius 2 is 1.95 bits per heavy atom. The molecule has 0 radical (unpaired) electrons. The van der Waals surface area contributed by atoms with Crippen LogP contribution in [-0.2, 0) is 6.61 Å². The minimum atomic E-state index is -1.03. The van der Waals surface area contributed by atoms with Crippen molar-refractivity contribution in [2.24, 2.45) is 0 Å². The second-order valence-electron chi connectivity index (χ2n) is 4.31. The lowest BCUT2D eigenvalue weighted by Crippen LogP contribution is -2.05. The fraction of sp³-hybridized carbons (Fsp3) is 0.200. The molecule has 1 aromatic carbocycles. The van der Waals surface area contributed by atoms with Crippen LogP contribution in [0.3, 0.4) is 0 Å². The van der Waals surface area contributed by atoms with E-state index in [-0.39, 0.29) is 12.3 Å². The molecule has 0 unspecified atom stereocenters. The van der Waals surface area contributed by atoms with E-state index in [9.17, 15) is 4.79 Å². The molecule has 0 saturated carbocycles. The fourth-order valence-electron chi connectivity index (χ4n) is 1.71. The summed E-state index contributed by atoms with van der Waals surface area (Å²) in [6.07, 6.45) is 0. The van der Waals surface area contributed by atoms with E-state index in [1.165, 1.54) is 6.07 Å². The van der Waals surface area contributed by atoms with Crippen LogP contribution >= 0.6 is 0 Å². The minimum absolute atomic E-state index is 0.0297. The molecule has 0 atom stereocenters. The topological polar surface area (TPSA) is 59.4 Å². The molecule has 0 spiro atoms. The number of carboxylic acid groups (broad SMARTS) is 1. The number of benzene rings is 1. The second-order valence-corrected chi connectivity index (χ2v) is 4.31. The predicted molar refractivity (Wildman–Crippen MR) is 71.4 cm³/mol. The normalized spacial score (nSPS) is 10.2. The van der Waals surface area contributed by atoms with Crippen molar-refractivity contribution in [1.29, 1.82) is 0 Å². The van der Waals surface area contributed by atoms with Gasteiger partial charge in [-0.05, 0) is 43.2 Å². The van der Waals surface area contributed by atoms with E-state index in [1.807, 2.05) is 32.0 Å². The van der Waals surface area contributed by atoms with E-state index >= 15 is 0 Å². The van der Waals surface area contributed by atoms with Crippen LogP contribution in [0.1, 0.15) is 27.3 Å². The summed E-state index contributed by atoms with van der Waals surface area (Å²) in [6, 6.07) is 10.7. The Bertz CT molecular complexity index is 608. The molecule has 1 aromatic heterocycles. The Labute approximate surface area is 111 Å². The van der Waals surface area contributed by atoms with E-state index in [0.717, 1.165) is 16.9 Å². The van der Waals surface area contributed by atoms with Gasteiger partial charge in [0.1, 0.15) is 18.1 Å². The first-order valence-corrected chi connectivity index (χ1v) is 5.96. The number of nitrogens with zero attached hydrogens (tertiary/aromatic N) is 1. The molecule has 0 bridgehead atoms. The Hall–Kier alpha value is -2.36. The van der Waals surface area contributed by atoms with Gasteiger partial charge in [-0.2, -0.15) is 0 Å². The smallest absolute Gasteiger partial charge is 0.354 e. The zero-order chi connectivity index (χ0) is 13.8. The van der Waals surface area contributed by atoms with Crippen molar-refractivity contribution in [2.45, 2.75) is 20.5 Å². The first-order valence-electron chi connectivity index (χ1n) is 5.96. The van der Waals surface area contributed by atoms with Gasteiger partial charge in [-0.3, -0.25) is 0 Å². The number of aryl methyl sites for hydroxylation is 1. The maximum atomic E-state index is 10.8. The Morgan fingerprint density at radius 1 is 1.21 bits per heavy atom. The molecular formula is C15H15NO3. The third-order valence-electron chi connectivity index (χ3n) is 2.96. The molecule has 98 valence electrons. The zero-order valence-corrected chi connectivity index (χ0v) is 10.9. The molecule has 1 heterocycles. The lowest BCUT2D eigenvalue weighted by Gasteiger charge is -2.10. The number of rotatable bonds is 4. The van der Waals surface area contributed by atoms with Gasteiger partial charge in [0.25, 0.3) is 0 Å². The molecule has 0 fully saturated rings. The number of pyridine rings is 1. The lowest BCUT2D eigenvalue weighted by atomic mass is 10.1. The van der Waals surface area contributed by atoms with Crippen LogP contribution < -0.4 is 4.74 Å². The van der Waals surface area contributed by atoms with Crippen molar-refractivity contribution in [3.8, 4) is 5.75 Å². The Kier molecular flexibility index (Phi) is 3.80. The van der Waals surface area contributed by atoms with Gasteiger partial charge in [0, 0.05) is 0 Å². The number of aromatic nitrogens is 1. The summed E-state index contributed by atoms with van der Waals surface area (Å²) in [5.74, 6) is -0.240. The summed E-state index contributed by atoms with van der Waals surface area (Å²) >= 11 is 0. The molecule has 0 aliphatic carbocycles. The highest BCUT2D eigenvalue weighted by molar-refractivity contribution is 5.85. The largest absolute Gasteiger partial charge is 0.487 e. The van der Waals surface area contributed by atoms with E-state index in [1.54, 1.807) is 12.1 Å². The van der Waals surface area contributed by atoms with Gasteiger partial charge in [0.15, 0.2) is 0 Å². The number of hydrogen-bond donors (Lipinski definition) is 1. The molecule has 0 amide bonds. The molecular weight excluding hydrogens is 242 g/mol. The van der Waals surface area contributed by atoms with Crippen molar-refractivity contribution in [3.63, 3.8) is 0 Å². The van der Waals surface area contributed by atoms with Crippen LogP contribution in [0.2, 0.25) is 0 Å². The van der Waals surface area contributed by atoms with E-state index in [4.69, 9.17) is 9.84 Å². The Morgan fingerprint density at radius 3 is 2.68 bits per heavy atom. The van der Waals surface area contributed by atoms with Crippen molar-refractivity contribution in [3.05, 3.63) is 58.9 Å². The number of aromatic carboxylic acids is 1. The van der Waals surface area contributed by atoms with Crippen molar-refractivity contribution >= 4 is 5.97 Å². The van der Waals surface area contributed by atoms with Crippen molar-refractivity contribution in [1.82, 2.24) is 4.98 Å². The van der Waals surface area contributed by atoms with Gasteiger partial charge in [0.05, 0.1) is 5.69 Å². The fourth-order valence-corrected chi connectivity index (χ4v) is 1.71. The monoisotopic (exact) mass is 257 g/mol. The summed E-state index contributed by atoms with van der Waals surface area (Å²) in [6.45, 7) is 4.27. The molecule has 4 nitrogen and oxygen atoms in total. The molecule has 2 aromatic rings. The predicted octanol–water partition coefficient (Wildman–Crippen LogP) is 2.98. The maximum Gasteiger partial charge on any atom is 0.354 e. The van der Waals surface area contributed by atoms with Gasteiger partial charge < -0.3 is 9.84 Å². The molecule has 0 aliphatic rings. The summed E-state index contributed by atoms with van der Waals surface area (Å²) in [5.41, 5.74) is 2.87.